The van der Waals surface area contributed by atoms with Gasteiger partial charge in [0, 0.05) is 24.7 Å². The summed E-state index contributed by atoms with van der Waals surface area (Å²) in [6.45, 7) is -0.150. The third-order valence-corrected chi connectivity index (χ3v) is 8.74. The number of hydrogen-bond acceptors (Lipinski definition) is 7. The fourth-order valence-electron chi connectivity index (χ4n) is 4.42. The second-order valence-corrected chi connectivity index (χ2v) is 11.8. The van der Waals surface area contributed by atoms with Gasteiger partial charge in [-0.2, -0.15) is 17.5 Å². The number of benzene rings is 3. The molecule has 1 fully saturated rings. The molecule has 3 aromatic carbocycles. The topological polar surface area (TPSA) is 102 Å². The summed E-state index contributed by atoms with van der Waals surface area (Å²) in [4.78, 5) is 25.9. The van der Waals surface area contributed by atoms with E-state index in [4.69, 9.17) is 14.2 Å². The molecule has 1 saturated heterocycles. The standard InChI is InChI=1S/C32H31F3N2O7S/c1-42-28-15-10-24(30(21-28)43-2)9-12-26(38)11-6-23-7-13-27(14-8-23)44-19-18-36-16-17-37(22-31(36)39)45(40,41)29-5-3-4-25(20-29)32(33,34)35/h3-15,20-21H,16-19,22H2,1-2H3. The lowest BCUT2D eigenvalue weighted by atomic mass is 10.1. The van der Waals surface area contributed by atoms with Crippen LogP contribution in [0.5, 0.6) is 17.2 Å². The molecule has 4 rings (SSSR count). The number of carbonyl (C=O) groups excluding carboxylic acids is 2. The van der Waals surface area contributed by atoms with E-state index in [9.17, 15) is 31.2 Å². The Morgan fingerprint density at radius 3 is 2.29 bits per heavy atom. The van der Waals surface area contributed by atoms with Crippen LogP contribution >= 0.6 is 0 Å². The van der Waals surface area contributed by atoms with Gasteiger partial charge < -0.3 is 19.1 Å². The van der Waals surface area contributed by atoms with E-state index in [1.165, 1.54) is 24.2 Å². The Bertz CT molecular complexity index is 1690. The zero-order valence-corrected chi connectivity index (χ0v) is 25.3. The highest BCUT2D eigenvalue weighted by Gasteiger charge is 2.35. The summed E-state index contributed by atoms with van der Waals surface area (Å²) < 4.78 is 82.0. The number of allylic oxidation sites excluding steroid dienone is 2. The Labute approximate surface area is 259 Å². The van der Waals surface area contributed by atoms with E-state index in [0.29, 0.717) is 23.3 Å². The summed E-state index contributed by atoms with van der Waals surface area (Å²) in [5, 5.41) is 0. The average molecular weight is 645 g/mol. The summed E-state index contributed by atoms with van der Waals surface area (Å²) in [6.07, 6.45) is 1.48. The highest BCUT2D eigenvalue weighted by atomic mass is 32.2. The summed E-state index contributed by atoms with van der Waals surface area (Å²) in [5.74, 6) is 1.04. The van der Waals surface area contributed by atoms with Gasteiger partial charge >= 0.3 is 6.18 Å². The number of piperazine rings is 1. The summed E-state index contributed by atoms with van der Waals surface area (Å²) in [6, 6.07) is 15.7. The van der Waals surface area contributed by atoms with Gasteiger partial charge in [-0.05, 0) is 66.3 Å². The number of halogens is 3. The SMILES string of the molecule is COc1ccc(C=CC(=O)C=Cc2ccc(OCCN3CCN(S(=O)(=O)c4cccc(C(F)(F)F)c4)CC3=O)cc2)c(OC)c1. The number of nitrogens with zero attached hydrogens (tertiary/aromatic N) is 2. The second kappa shape index (κ2) is 14.4. The van der Waals surface area contributed by atoms with Crippen LogP contribution in [0.1, 0.15) is 16.7 Å². The average Bonchev–Trinajstić information content (AvgIpc) is 3.03. The zero-order chi connectivity index (χ0) is 32.6. The first kappa shape index (κ1) is 33.3. The van der Waals surface area contributed by atoms with Gasteiger partial charge in [-0.1, -0.05) is 24.3 Å². The van der Waals surface area contributed by atoms with Gasteiger partial charge in [-0.3, -0.25) is 9.59 Å². The number of sulfonamides is 1. The van der Waals surface area contributed by atoms with Crippen LogP contribution in [-0.2, 0) is 25.8 Å². The third kappa shape index (κ3) is 8.73. The van der Waals surface area contributed by atoms with E-state index in [-0.39, 0.29) is 32.0 Å². The zero-order valence-electron chi connectivity index (χ0n) is 24.5. The Morgan fingerprint density at radius 1 is 0.911 bits per heavy atom. The monoisotopic (exact) mass is 644 g/mol. The number of amides is 1. The van der Waals surface area contributed by atoms with Crippen LogP contribution in [0.4, 0.5) is 13.2 Å². The molecule has 0 aromatic heterocycles. The van der Waals surface area contributed by atoms with Crippen molar-refractivity contribution in [1.82, 2.24) is 9.21 Å². The third-order valence-electron chi connectivity index (χ3n) is 6.90. The van der Waals surface area contributed by atoms with E-state index >= 15 is 0 Å². The highest BCUT2D eigenvalue weighted by molar-refractivity contribution is 7.89. The van der Waals surface area contributed by atoms with E-state index < -0.39 is 39.1 Å². The van der Waals surface area contributed by atoms with Gasteiger partial charge in [0.2, 0.25) is 15.9 Å². The molecule has 0 aliphatic carbocycles. The molecular weight excluding hydrogens is 613 g/mol. The minimum absolute atomic E-state index is 0.0626. The van der Waals surface area contributed by atoms with Crippen molar-refractivity contribution in [3.8, 4) is 17.2 Å². The molecule has 0 saturated carbocycles. The van der Waals surface area contributed by atoms with Gasteiger partial charge in [0.25, 0.3) is 0 Å². The van der Waals surface area contributed by atoms with Gasteiger partial charge in [-0.15, -0.1) is 0 Å². The van der Waals surface area contributed by atoms with Gasteiger partial charge in [-0.25, -0.2) is 8.42 Å². The van der Waals surface area contributed by atoms with Gasteiger partial charge in [0.15, 0.2) is 5.78 Å². The Kier molecular flexibility index (Phi) is 10.7. The predicted molar refractivity (Wildman–Crippen MR) is 161 cm³/mol. The lowest BCUT2D eigenvalue weighted by Gasteiger charge is -2.33. The molecular formula is C32H31F3N2O7S. The van der Waals surface area contributed by atoms with Crippen molar-refractivity contribution in [2.75, 3.05) is 47.0 Å². The van der Waals surface area contributed by atoms with E-state index in [1.54, 1.807) is 61.7 Å². The van der Waals surface area contributed by atoms with Crippen molar-refractivity contribution in [3.63, 3.8) is 0 Å². The van der Waals surface area contributed by atoms with Gasteiger partial charge in [0.05, 0.1) is 37.8 Å². The number of hydrogen-bond donors (Lipinski definition) is 0. The maximum absolute atomic E-state index is 13.0. The molecule has 0 unspecified atom stereocenters. The largest absolute Gasteiger partial charge is 0.497 e. The number of carbonyl (C=O) groups is 2. The first-order chi connectivity index (χ1) is 21.4. The summed E-state index contributed by atoms with van der Waals surface area (Å²) >= 11 is 0. The van der Waals surface area contributed by atoms with Crippen molar-refractivity contribution in [2.24, 2.45) is 0 Å². The molecule has 1 aliphatic rings. The molecule has 238 valence electrons. The molecule has 0 atom stereocenters. The Morgan fingerprint density at radius 2 is 1.62 bits per heavy atom. The Hall–Kier alpha value is -4.62. The predicted octanol–water partition coefficient (Wildman–Crippen LogP) is 4.93. The minimum Gasteiger partial charge on any atom is -0.497 e. The quantitative estimate of drug-likeness (QED) is 0.258. The number of methoxy groups -OCH3 is 2. The van der Waals surface area contributed by atoms with Gasteiger partial charge in [0.1, 0.15) is 23.9 Å². The van der Waals surface area contributed by atoms with Crippen LogP contribution in [0.3, 0.4) is 0 Å². The van der Waals surface area contributed by atoms with Crippen LogP contribution in [0, 0.1) is 0 Å². The molecule has 13 heteroatoms. The van der Waals surface area contributed by atoms with E-state index in [0.717, 1.165) is 33.6 Å². The summed E-state index contributed by atoms with van der Waals surface area (Å²) in [5.41, 5.74) is 0.409. The molecule has 0 bridgehead atoms. The number of alkyl halides is 3. The highest BCUT2D eigenvalue weighted by Crippen LogP contribution is 2.31. The second-order valence-electron chi connectivity index (χ2n) is 9.84. The van der Waals surface area contributed by atoms with Crippen molar-refractivity contribution in [2.45, 2.75) is 11.1 Å². The minimum atomic E-state index is -4.69. The molecule has 0 spiro atoms. The van der Waals surface area contributed by atoms with Crippen LogP contribution in [0.25, 0.3) is 12.2 Å². The van der Waals surface area contributed by atoms with Crippen molar-refractivity contribution >= 4 is 33.9 Å². The van der Waals surface area contributed by atoms with Crippen LogP contribution in [-0.4, -0.2) is 76.3 Å². The van der Waals surface area contributed by atoms with Crippen molar-refractivity contribution < 1.29 is 45.4 Å². The van der Waals surface area contributed by atoms with Crippen LogP contribution < -0.4 is 14.2 Å². The van der Waals surface area contributed by atoms with E-state index in [2.05, 4.69) is 0 Å². The van der Waals surface area contributed by atoms with Crippen molar-refractivity contribution in [1.29, 1.82) is 0 Å². The molecule has 9 nitrogen and oxygen atoms in total. The molecule has 1 heterocycles. The van der Waals surface area contributed by atoms with E-state index in [1.807, 2.05) is 0 Å². The summed E-state index contributed by atoms with van der Waals surface area (Å²) in [7, 11) is -1.20. The van der Waals surface area contributed by atoms with Crippen LogP contribution in [0.2, 0.25) is 0 Å². The van der Waals surface area contributed by atoms with Crippen LogP contribution in [0.15, 0.2) is 83.8 Å². The molecule has 1 aliphatic heterocycles. The molecule has 1 amide bonds. The molecule has 45 heavy (non-hydrogen) atoms. The number of rotatable bonds is 12. The molecule has 3 aromatic rings. The normalized spacial score (nSPS) is 14.7. The molecule has 0 radical (unpaired) electrons. The first-order valence-corrected chi connectivity index (χ1v) is 15.1. The number of ether oxygens (including phenoxy) is 3. The maximum Gasteiger partial charge on any atom is 0.416 e. The number of ketones is 1. The first-order valence-electron chi connectivity index (χ1n) is 13.7. The smallest absolute Gasteiger partial charge is 0.416 e. The lowest BCUT2D eigenvalue weighted by Crippen LogP contribution is -2.52. The fraction of sp³-hybridized carbons (Fsp3) is 0.250. The lowest BCUT2D eigenvalue weighted by molar-refractivity contribution is -0.138. The Balaban J connectivity index is 1.24. The van der Waals surface area contributed by atoms with Crippen molar-refractivity contribution in [3.05, 3.63) is 95.6 Å². The molecule has 0 N–H and O–H groups in total. The fourth-order valence-corrected chi connectivity index (χ4v) is 5.85. The maximum atomic E-state index is 13.0.